The van der Waals surface area contributed by atoms with Crippen molar-refractivity contribution in [3.63, 3.8) is 0 Å². The van der Waals surface area contributed by atoms with Crippen LogP contribution >= 0.6 is 11.3 Å². The lowest BCUT2D eigenvalue weighted by Crippen LogP contribution is -2.19. The predicted octanol–water partition coefficient (Wildman–Crippen LogP) is 5.26. The van der Waals surface area contributed by atoms with Gasteiger partial charge in [-0.1, -0.05) is 12.1 Å². The fourth-order valence-electron chi connectivity index (χ4n) is 2.36. The molecule has 0 atom stereocenters. The second-order valence-corrected chi connectivity index (χ2v) is 6.62. The number of alkyl halides is 3. The number of rotatable bonds is 4. The number of halogens is 3. The molecule has 0 saturated heterocycles. The smallest absolute Gasteiger partial charge is 0.416 e. The number of methoxy groups -OCH3 is 1. The zero-order chi connectivity index (χ0) is 21.0. The fourth-order valence-corrected chi connectivity index (χ4v) is 3.08. The van der Waals surface area contributed by atoms with Gasteiger partial charge < -0.3 is 10.1 Å². The molecule has 2 N–H and O–H groups in total. The van der Waals surface area contributed by atoms with Crippen molar-refractivity contribution >= 4 is 34.2 Å². The van der Waals surface area contributed by atoms with Crippen LogP contribution in [0, 0.1) is 0 Å². The Morgan fingerprint density at radius 2 is 1.66 bits per heavy atom. The van der Waals surface area contributed by atoms with Crippen LogP contribution in [-0.2, 0) is 10.9 Å². The van der Waals surface area contributed by atoms with Crippen molar-refractivity contribution in [3.05, 3.63) is 65.0 Å². The third kappa shape index (κ3) is 5.11. The van der Waals surface area contributed by atoms with Crippen molar-refractivity contribution in [2.75, 3.05) is 17.7 Å². The summed E-state index contributed by atoms with van der Waals surface area (Å²) in [6, 6.07) is 10.1. The molecule has 0 aliphatic heterocycles. The lowest BCUT2D eigenvalue weighted by molar-refractivity contribution is -0.137. The van der Waals surface area contributed by atoms with Crippen LogP contribution in [0.2, 0.25) is 0 Å². The average molecular weight is 421 g/mol. The van der Waals surface area contributed by atoms with Crippen molar-refractivity contribution in [1.82, 2.24) is 4.98 Å². The molecule has 0 saturated carbocycles. The first-order chi connectivity index (χ1) is 13.8. The molecule has 0 fully saturated rings. The standard InChI is InChI=1S/C19H14F3N3O3S/c1-28-16(26)12-4-2-11(3-5-12)15-10-29-18(24-15)25-17(27)23-14-8-6-13(7-9-14)19(20,21)22/h2-10H,1H3,(H2,23,24,25,27). The van der Waals surface area contributed by atoms with Gasteiger partial charge in [-0.2, -0.15) is 13.2 Å². The Hall–Kier alpha value is -3.40. The van der Waals surface area contributed by atoms with E-state index in [1.54, 1.807) is 29.6 Å². The van der Waals surface area contributed by atoms with E-state index in [4.69, 9.17) is 0 Å². The van der Waals surface area contributed by atoms with Crippen LogP contribution in [-0.4, -0.2) is 24.1 Å². The van der Waals surface area contributed by atoms with Crippen LogP contribution in [0.3, 0.4) is 0 Å². The lowest BCUT2D eigenvalue weighted by Gasteiger charge is -2.08. The third-order valence-electron chi connectivity index (χ3n) is 3.80. The Balaban J connectivity index is 1.62. The summed E-state index contributed by atoms with van der Waals surface area (Å²) < 4.78 is 42.3. The van der Waals surface area contributed by atoms with Gasteiger partial charge in [-0.15, -0.1) is 11.3 Å². The number of benzene rings is 2. The SMILES string of the molecule is COC(=O)c1ccc(-c2csc(NC(=O)Nc3ccc(C(F)(F)F)cc3)n2)cc1. The molecule has 2 aromatic carbocycles. The van der Waals surface area contributed by atoms with Crippen LogP contribution in [0.1, 0.15) is 15.9 Å². The van der Waals surface area contributed by atoms with E-state index in [0.29, 0.717) is 16.4 Å². The quantitative estimate of drug-likeness (QED) is 0.563. The molecule has 0 aliphatic rings. The second-order valence-electron chi connectivity index (χ2n) is 5.76. The molecule has 2 amide bonds. The number of urea groups is 1. The fraction of sp³-hybridized carbons (Fsp3) is 0.105. The van der Waals surface area contributed by atoms with Gasteiger partial charge in [0.15, 0.2) is 5.13 Å². The van der Waals surface area contributed by atoms with Crippen molar-refractivity contribution in [2.24, 2.45) is 0 Å². The molecule has 0 bridgehead atoms. The minimum Gasteiger partial charge on any atom is -0.465 e. The van der Waals surface area contributed by atoms with Gasteiger partial charge in [0.2, 0.25) is 0 Å². The maximum Gasteiger partial charge on any atom is 0.416 e. The van der Waals surface area contributed by atoms with E-state index >= 15 is 0 Å². The summed E-state index contributed by atoms with van der Waals surface area (Å²) in [5.74, 6) is -0.447. The number of carbonyl (C=O) groups is 2. The van der Waals surface area contributed by atoms with Gasteiger partial charge in [0.25, 0.3) is 0 Å². The number of thiazole rings is 1. The number of nitrogens with one attached hydrogen (secondary N) is 2. The summed E-state index contributed by atoms with van der Waals surface area (Å²) in [5.41, 5.74) is 1.15. The van der Waals surface area contributed by atoms with E-state index in [0.717, 1.165) is 17.7 Å². The molecule has 6 nitrogen and oxygen atoms in total. The van der Waals surface area contributed by atoms with Gasteiger partial charge in [0, 0.05) is 16.6 Å². The zero-order valence-electron chi connectivity index (χ0n) is 14.9. The van der Waals surface area contributed by atoms with Crippen LogP contribution in [0.5, 0.6) is 0 Å². The highest BCUT2D eigenvalue weighted by Gasteiger charge is 2.30. The number of hydrogen-bond donors (Lipinski definition) is 2. The van der Waals surface area contributed by atoms with Gasteiger partial charge in [-0.05, 0) is 36.4 Å². The Morgan fingerprint density at radius 3 is 2.24 bits per heavy atom. The van der Waals surface area contributed by atoms with Gasteiger partial charge in [-0.25, -0.2) is 14.6 Å². The Morgan fingerprint density at radius 1 is 1.00 bits per heavy atom. The molecule has 150 valence electrons. The van der Waals surface area contributed by atoms with Crippen molar-refractivity contribution in [3.8, 4) is 11.3 Å². The number of amides is 2. The second kappa shape index (κ2) is 8.31. The molecule has 0 spiro atoms. The Kier molecular flexibility index (Phi) is 5.83. The summed E-state index contributed by atoms with van der Waals surface area (Å²) in [6.45, 7) is 0. The lowest BCUT2D eigenvalue weighted by atomic mass is 10.1. The summed E-state index contributed by atoms with van der Waals surface area (Å²) in [5, 5.41) is 7.00. The Bertz CT molecular complexity index is 1020. The Labute approximate surface area is 167 Å². The first-order valence-corrected chi connectivity index (χ1v) is 9.04. The van der Waals surface area contributed by atoms with E-state index in [1.165, 1.54) is 30.6 Å². The molecule has 29 heavy (non-hydrogen) atoms. The topological polar surface area (TPSA) is 80.3 Å². The molecule has 3 rings (SSSR count). The maximum absolute atomic E-state index is 12.6. The van der Waals surface area contributed by atoms with Crippen LogP contribution in [0.25, 0.3) is 11.3 Å². The summed E-state index contributed by atoms with van der Waals surface area (Å²) >= 11 is 1.18. The van der Waals surface area contributed by atoms with Crippen molar-refractivity contribution in [2.45, 2.75) is 6.18 Å². The number of carbonyl (C=O) groups excluding carboxylic acids is 2. The summed E-state index contributed by atoms with van der Waals surface area (Å²) in [7, 11) is 1.30. The minimum absolute atomic E-state index is 0.214. The molecule has 0 unspecified atom stereocenters. The molecular weight excluding hydrogens is 407 g/mol. The first kappa shape index (κ1) is 20.3. The van der Waals surface area contributed by atoms with Crippen LogP contribution in [0.15, 0.2) is 53.9 Å². The van der Waals surface area contributed by atoms with Gasteiger partial charge in [0.05, 0.1) is 23.9 Å². The van der Waals surface area contributed by atoms with Crippen LogP contribution < -0.4 is 10.6 Å². The van der Waals surface area contributed by atoms with Gasteiger partial charge in [-0.3, -0.25) is 5.32 Å². The van der Waals surface area contributed by atoms with Gasteiger partial charge >= 0.3 is 18.2 Å². The first-order valence-electron chi connectivity index (χ1n) is 8.16. The number of hydrogen-bond acceptors (Lipinski definition) is 5. The number of esters is 1. The third-order valence-corrected chi connectivity index (χ3v) is 4.55. The summed E-state index contributed by atoms with van der Waals surface area (Å²) in [6.07, 6.45) is -4.44. The highest BCUT2D eigenvalue weighted by Crippen LogP contribution is 2.30. The van der Waals surface area contributed by atoms with E-state index in [1.807, 2.05) is 0 Å². The molecule has 1 aromatic heterocycles. The highest BCUT2D eigenvalue weighted by atomic mass is 32.1. The largest absolute Gasteiger partial charge is 0.465 e. The monoisotopic (exact) mass is 421 g/mol. The number of ether oxygens (including phenoxy) is 1. The van der Waals surface area contributed by atoms with E-state index in [2.05, 4.69) is 20.4 Å². The molecule has 0 aliphatic carbocycles. The zero-order valence-corrected chi connectivity index (χ0v) is 15.7. The van der Waals surface area contributed by atoms with E-state index in [9.17, 15) is 22.8 Å². The summed E-state index contributed by atoms with van der Waals surface area (Å²) in [4.78, 5) is 27.8. The number of anilines is 2. The number of aromatic nitrogens is 1. The molecule has 1 heterocycles. The molecule has 0 radical (unpaired) electrons. The van der Waals surface area contributed by atoms with Crippen molar-refractivity contribution in [1.29, 1.82) is 0 Å². The molecular formula is C19H14F3N3O3S. The minimum atomic E-state index is -4.44. The average Bonchev–Trinajstić information content (AvgIpc) is 3.15. The van der Waals surface area contributed by atoms with Gasteiger partial charge in [0.1, 0.15) is 0 Å². The highest BCUT2D eigenvalue weighted by molar-refractivity contribution is 7.14. The maximum atomic E-state index is 12.6. The normalized spacial score (nSPS) is 11.0. The predicted molar refractivity (Wildman–Crippen MR) is 103 cm³/mol. The molecule has 10 heteroatoms. The van der Waals surface area contributed by atoms with E-state index < -0.39 is 23.7 Å². The molecule has 3 aromatic rings. The number of nitrogens with zero attached hydrogens (tertiary/aromatic N) is 1. The van der Waals surface area contributed by atoms with Crippen LogP contribution in [0.4, 0.5) is 28.8 Å². The van der Waals surface area contributed by atoms with Crippen molar-refractivity contribution < 1.29 is 27.5 Å². The van der Waals surface area contributed by atoms with E-state index in [-0.39, 0.29) is 5.69 Å².